The Labute approximate surface area is 190 Å². The number of hydrogen-bond acceptors (Lipinski definition) is 4. The Balaban J connectivity index is 1.84. The molecule has 4 nitrogen and oxygen atoms in total. The lowest BCUT2D eigenvalue weighted by atomic mass is 9.83. The highest BCUT2D eigenvalue weighted by molar-refractivity contribution is 7.93. The van der Waals surface area contributed by atoms with Crippen molar-refractivity contribution in [2.75, 3.05) is 0 Å². The molecule has 0 amide bonds. The first-order chi connectivity index (χ1) is 15.5. The SMILES string of the molecule is O=C1c2ccccc2C(=O)c2c(N=S(=O)(c3ccccc3)c3ccccc3)ccc(Cl)c21. The van der Waals surface area contributed by atoms with E-state index in [-0.39, 0.29) is 39.0 Å². The molecular formula is C26H16ClNO3S. The zero-order chi connectivity index (χ0) is 22.3. The molecule has 4 aromatic carbocycles. The summed E-state index contributed by atoms with van der Waals surface area (Å²) in [4.78, 5) is 27.6. The van der Waals surface area contributed by atoms with Gasteiger partial charge in [0.15, 0.2) is 11.6 Å². The van der Waals surface area contributed by atoms with Crippen LogP contribution in [0.4, 0.5) is 5.69 Å². The van der Waals surface area contributed by atoms with Crippen LogP contribution in [-0.4, -0.2) is 15.8 Å². The standard InChI is InChI=1S/C26H16ClNO3S/c27-21-15-16-22(24-23(21)25(29)19-13-7-8-14-20(19)26(24)30)28-32(31,17-9-3-1-4-10-17)18-11-5-2-6-12-18/h1-16H. The number of hydrogen-bond donors (Lipinski definition) is 0. The Morgan fingerprint density at radius 2 is 1.06 bits per heavy atom. The molecule has 5 rings (SSSR count). The molecule has 0 heterocycles. The summed E-state index contributed by atoms with van der Waals surface area (Å²) in [5.41, 5.74) is 0.945. The van der Waals surface area contributed by atoms with Crippen LogP contribution in [0.25, 0.3) is 0 Å². The number of fused-ring (bicyclic) bond motifs is 2. The van der Waals surface area contributed by atoms with Crippen molar-refractivity contribution >= 4 is 38.6 Å². The van der Waals surface area contributed by atoms with Crippen LogP contribution < -0.4 is 0 Å². The highest BCUT2D eigenvalue weighted by atomic mass is 35.5. The number of nitrogens with zero attached hydrogens (tertiary/aromatic N) is 1. The number of benzene rings is 4. The lowest BCUT2D eigenvalue weighted by Gasteiger charge is -2.20. The largest absolute Gasteiger partial charge is 0.289 e. The second-order valence-electron chi connectivity index (χ2n) is 7.26. The third-order valence-electron chi connectivity index (χ3n) is 5.36. The predicted octanol–water partition coefficient (Wildman–Crippen LogP) is 6.33. The minimum absolute atomic E-state index is 0.0841. The Hall–Kier alpha value is -3.54. The van der Waals surface area contributed by atoms with E-state index in [2.05, 4.69) is 4.36 Å². The van der Waals surface area contributed by atoms with E-state index in [0.717, 1.165) is 0 Å². The highest BCUT2D eigenvalue weighted by Gasteiger charge is 2.34. The number of rotatable bonds is 3. The maximum Gasteiger partial charge on any atom is 0.196 e. The van der Waals surface area contributed by atoms with E-state index >= 15 is 0 Å². The molecule has 0 radical (unpaired) electrons. The van der Waals surface area contributed by atoms with Gasteiger partial charge >= 0.3 is 0 Å². The van der Waals surface area contributed by atoms with Crippen molar-refractivity contribution < 1.29 is 13.8 Å². The minimum atomic E-state index is -3.15. The van der Waals surface area contributed by atoms with Gasteiger partial charge in [0.2, 0.25) is 0 Å². The quantitative estimate of drug-likeness (QED) is 0.318. The van der Waals surface area contributed by atoms with E-state index in [0.29, 0.717) is 15.4 Å². The Morgan fingerprint density at radius 1 is 0.594 bits per heavy atom. The van der Waals surface area contributed by atoms with Crippen LogP contribution in [0, 0.1) is 0 Å². The summed E-state index contributed by atoms with van der Waals surface area (Å²) in [6.07, 6.45) is 0. The highest BCUT2D eigenvalue weighted by Crippen LogP contribution is 2.39. The predicted molar refractivity (Wildman–Crippen MR) is 124 cm³/mol. The molecule has 0 saturated heterocycles. The molecule has 32 heavy (non-hydrogen) atoms. The fourth-order valence-electron chi connectivity index (χ4n) is 3.83. The van der Waals surface area contributed by atoms with Gasteiger partial charge in [-0.3, -0.25) is 9.59 Å². The molecule has 1 aliphatic carbocycles. The second kappa shape index (κ2) is 7.86. The minimum Gasteiger partial charge on any atom is -0.289 e. The van der Waals surface area contributed by atoms with Gasteiger partial charge in [-0.1, -0.05) is 72.3 Å². The first kappa shape index (κ1) is 20.4. The van der Waals surface area contributed by atoms with Crippen LogP contribution in [0.2, 0.25) is 5.02 Å². The third kappa shape index (κ3) is 3.18. The average Bonchev–Trinajstić information content (AvgIpc) is 2.84. The molecule has 0 bridgehead atoms. The van der Waals surface area contributed by atoms with E-state index in [4.69, 9.17) is 11.6 Å². The lowest BCUT2D eigenvalue weighted by molar-refractivity contribution is 0.0979. The van der Waals surface area contributed by atoms with Crippen LogP contribution in [0.5, 0.6) is 0 Å². The molecule has 0 fully saturated rings. The van der Waals surface area contributed by atoms with E-state index in [9.17, 15) is 13.8 Å². The van der Waals surface area contributed by atoms with Crippen LogP contribution in [-0.2, 0) is 9.73 Å². The van der Waals surface area contributed by atoms with Gasteiger partial charge in [0, 0.05) is 11.1 Å². The molecule has 0 spiro atoms. The fourth-order valence-corrected chi connectivity index (χ4v) is 6.04. The molecule has 0 atom stereocenters. The Bertz CT molecular complexity index is 1460. The molecule has 0 unspecified atom stereocenters. The normalized spacial score (nSPS) is 12.8. The number of carbonyl (C=O) groups excluding carboxylic acids is 2. The van der Waals surface area contributed by atoms with E-state index < -0.39 is 9.73 Å². The molecule has 4 aromatic rings. The maximum absolute atomic E-state index is 14.4. The monoisotopic (exact) mass is 457 g/mol. The second-order valence-corrected chi connectivity index (χ2v) is 9.85. The van der Waals surface area contributed by atoms with Crippen molar-refractivity contribution in [2.45, 2.75) is 9.79 Å². The molecule has 0 saturated carbocycles. The first-order valence-electron chi connectivity index (χ1n) is 9.89. The molecule has 156 valence electrons. The van der Waals surface area contributed by atoms with E-state index in [1.807, 2.05) is 12.1 Å². The number of ketones is 2. The summed E-state index contributed by atoms with van der Waals surface area (Å²) in [5, 5.41) is 0.165. The average molecular weight is 458 g/mol. The Morgan fingerprint density at radius 3 is 1.59 bits per heavy atom. The summed E-state index contributed by atoms with van der Waals surface area (Å²) in [6, 6.07) is 27.5. The number of halogens is 1. The van der Waals surface area contributed by atoms with Gasteiger partial charge in [-0.05, 0) is 36.4 Å². The van der Waals surface area contributed by atoms with Crippen LogP contribution in [0.15, 0.2) is 111 Å². The van der Waals surface area contributed by atoms with Crippen molar-refractivity contribution in [1.29, 1.82) is 0 Å². The smallest absolute Gasteiger partial charge is 0.196 e. The molecule has 1 aliphatic rings. The number of carbonyl (C=O) groups is 2. The van der Waals surface area contributed by atoms with Crippen molar-refractivity contribution in [3.8, 4) is 0 Å². The zero-order valence-electron chi connectivity index (χ0n) is 16.7. The van der Waals surface area contributed by atoms with E-state index in [1.54, 1.807) is 78.9 Å². The third-order valence-corrected chi connectivity index (χ3v) is 7.95. The molecule has 0 aliphatic heterocycles. The van der Waals surface area contributed by atoms with Gasteiger partial charge < -0.3 is 0 Å². The van der Waals surface area contributed by atoms with Gasteiger partial charge in [0.05, 0.1) is 31.6 Å². The lowest BCUT2D eigenvalue weighted by Crippen LogP contribution is -2.21. The van der Waals surface area contributed by atoms with Gasteiger partial charge in [0.1, 0.15) is 9.73 Å². The summed E-state index contributed by atoms with van der Waals surface area (Å²) < 4.78 is 19.0. The van der Waals surface area contributed by atoms with Gasteiger partial charge in [-0.2, -0.15) is 4.36 Å². The molecule has 0 aromatic heterocycles. The molecule has 0 N–H and O–H groups in total. The summed E-state index contributed by atoms with van der Waals surface area (Å²) in [7, 11) is -3.15. The van der Waals surface area contributed by atoms with Crippen molar-refractivity contribution in [3.63, 3.8) is 0 Å². The van der Waals surface area contributed by atoms with E-state index in [1.165, 1.54) is 6.07 Å². The maximum atomic E-state index is 14.4. The zero-order valence-corrected chi connectivity index (χ0v) is 18.3. The van der Waals surface area contributed by atoms with Gasteiger partial charge in [-0.25, -0.2) is 4.21 Å². The van der Waals surface area contributed by atoms with Crippen LogP contribution in [0.1, 0.15) is 31.8 Å². The molecular weight excluding hydrogens is 442 g/mol. The van der Waals surface area contributed by atoms with Crippen molar-refractivity contribution in [1.82, 2.24) is 0 Å². The van der Waals surface area contributed by atoms with Gasteiger partial charge in [-0.15, -0.1) is 0 Å². The Kier molecular flexibility index (Phi) is 5.00. The van der Waals surface area contributed by atoms with Crippen LogP contribution in [0.3, 0.4) is 0 Å². The first-order valence-corrected chi connectivity index (χ1v) is 11.8. The van der Waals surface area contributed by atoms with Crippen molar-refractivity contribution in [2.24, 2.45) is 4.36 Å². The summed E-state index contributed by atoms with van der Waals surface area (Å²) in [5.74, 6) is -0.706. The molecule has 6 heteroatoms. The van der Waals surface area contributed by atoms with Crippen molar-refractivity contribution in [3.05, 3.63) is 124 Å². The fraction of sp³-hybridized carbons (Fsp3) is 0. The summed E-state index contributed by atoms with van der Waals surface area (Å²) >= 11 is 6.36. The van der Waals surface area contributed by atoms with Gasteiger partial charge in [0.25, 0.3) is 0 Å². The van der Waals surface area contributed by atoms with Crippen LogP contribution >= 0.6 is 11.6 Å². The summed E-state index contributed by atoms with van der Waals surface area (Å²) in [6.45, 7) is 0. The topological polar surface area (TPSA) is 63.6 Å².